The molecule has 0 spiro atoms. The van der Waals surface area contributed by atoms with E-state index in [0.29, 0.717) is 11.1 Å². The maximum Gasteiger partial charge on any atom is 0.266 e. The monoisotopic (exact) mass is 284 g/mol. The number of fused-ring (bicyclic) bond motifs is 1. The van der Waals surface area contributed by atoms with Crippen LogP contribution >= 0.6 is 0 Å². The molecule has 0 aliphatic heterocycles. The van der Waals surface area contributed by atoms with Crippen LogP contribution in [0.1, 0.15) is 38.2 Å². The van der Waals surface area contributed by atoms with Gasteiger partial charge in [0.2, 0.25) is 5.92 Å². The lowest BCUT2D eigenvalue weighted by Crippen LogP contribution is -2.07. The van der Waals surface area contributed by atoms with Crippen molar-refractivity contribution in [3.05, 3.63) is 40.1 Å². The van der Waals surface area contributed by atoms with E-state index in [9.17, 15) is 18.0 Å². The number of hydrogen-bond acceptors (Lipinski definition) is 2. The van der Waals surface area contributed by atoms with Crippen molar-refractivity contribution in [3.63, 3.8) is 0 Å². The molecule has 0 atom stereocenters. The van der Waals surface area contributed by atoms with E-state index in [1.54, 1.807) is 12.1 Å². The van der Waals surface area contributed by atoms with Gasteiger partial charge in [0.1, 0.15) is 5.52 Å². The maximum atomic E-state index is 13.9. The van der Waals surface area contributed by atoms with E-state index in [2.05, 4.69) is 9.97 Å². The first kappa shape index (κ1) is 14.6. The molecule has 1 aromatic heterocycles. The van der Waals surface area contributed by atoms with Gasteiger partial charge in [0, 0.05) is 12.8 Å². The highest BCUT2D eigenvalue weighted by Gasteiger charge is 2.43. The van der Waals surface area contributed by atoms with Gasteiger partial charge in [-0.05, 0) is 17.5 Å². The van der Waals surface area contributed by atoms with Gasteiger partial charge in [-0.1, -0.05) is 19.9 Å². The van der Waals surface area contributed by atoms with Gasteiger partial charge in [0.05, 0.1) is 11.7 Å². The van der Waals surface area contributed by atoms with Crippen molar-refractivity contribution in [1.29, 1.82) is 0 Å². The number of aromatic amines is 1. The second kappa shape index (κ2) is 5.26. The van der Waals surface area contributed by atoms with E-state index in [0.717, 1.165) is 6.20 Å². The van der Waals surface area contributed by atoms with Crippen LogP contribution in [0.2, 0.25) is 0 Å². The van der Waals surface area contributed by atoms with Crippen molar-refractivity contribution in [2.75, 3.05) is 0 Å². The second-order valence-corrected chi connectivity index (χ2v) is 5.12. The average molecular weight is 284 g/mol. The molecule has 1 aliphatic carbocycles. The van der Waals surface area contributed by atoms with Crippen LogP contribution in [0.4, 0.5) is 13.2 Å². The van der Waals surface area contributed by atoms with Gasteiger partial charge in [-0.3, -0.25) is 4.79 Å². The highest BCUT2D eigenvalue weighted by Crippen LogP contribution is 2.40. The van der Waals surface area contributed by atoms with E-state index in [1.807, 2.05) is 13.8 Å². The molecule has 0 radical (unpaired) electrons. The fraction of sp³-hybridized carbons (Fsp3) is 0.429. The van der Waals surface area contributed by atoms with Crippen molar-refractivity contribution in [2.24, 2.45) is 0 Å². The first-order valence-electron chi connectivity index (χ1n) is 6.35. The predicted octanol–water partition coefficient (Wildman–Crippen LogP) is 3.60. The number of aromatic nitrogens is 2. The largest absolute Gasteiger partial charge is 0.317 e. The Labute approximate surface area is 113 Å². The minimum atomic E-state index is -2.25. The Morgan fingerprint density at radius 2 is 1.90 bits per heavy atom. The summed E-state index contributed by atoms with van der Waals surface area (Å²) >= 11 is 0. The molecule has 0 bridgehead atoms. The number of alkyl halides is 2. The van der Waals surface area contributed by atoms with Crippen LogP contribution in [0.25, 0.3) is 11.0 Å². The van der Waals surface area contributed by atoms with Crippen LogP contribution in [0, 0.1) is 5.82 Å². The molecule has 1 heterocycles. The summed E-state index contributed by atoms with van der Waals surface area (Å²) in [6.45, 7) is 3.80. The minimum absolute atomic E-state index is 0.0816. The third-order valence-corrected chi connectivity index (χ3v) is 2.97. The standard InChI is InChI=1S/C11H11FN2O.C3H4F2/c1-6(2)7-3-4-8-11(10(7)12)14-9(15)5-13-8;4-3(5)1-2-3/h3-6H,1-2H3,(H,14,15);1-2H2. The third kappa shape index (κ3) is 3.37. The van der Waals surface area contributed by atoms with Gasteiger partial charge in [0.15, 0.2) is 5.82 Å². The summed E-state index contributed by atoms with van der Waals surface area (Å²) in [5.41, 5.74) is 0.860. The van der Waals surface area contributed by atoms with Gasteiger partial charge < -0.3 is 4.98 Å². The molecule has 3 nitrogen and oxygen atoms in total. The summed E-state index contributed by atoms with van der Waals surface area (Å²) < 4.78 is 36.2. The number of hydrogen-bond donors (Lipinski definition) is 1. The molecule has 1 saturated carbocycles. The summed E-state index contributed by atoms with van der Waals surface area (Å²) in [6, 6.07) is 3.41. The summed E-state index contributed by atoms with van der Waals surface area (Å²) in [5.74, 6) is -2.55. The zero-order valence-electron chi connectivity index (χ0n) is 11.2. The Kier molecular flexibility index (Phi) is 3.83. The molecule has 0 amide bonds. The van der Waals surface area contributed by atoms with Crippen molar-refractivity contribution in [1.82, 2.24) is 9.97 Å². The lowest BCUT2D eigenvalue weighted by molar-refractivity contribution is 0.120. The number of benzene rings is 1. The molecule has 20 heavy (non-hydrogen) atoms. The molecular formula is C14H15F3N2O. The average Bonchev–Trinajstić information content (AvgIpc) is 3.06. The Balaban J connectivity index is 0.000000247. The first-order valence-corrected chi connectivity index (χ1v) is 6.35. The topological polar surface area (TPSA) is 45.8 Å². The quantitative estimate of drug-likeness (QED) is 0.869. The number of halogens is 3. The molecule has 1 aliphatic rings. The van der Waals surface area contributed by atoms with Gasteiger partial charge >= 0.3 is 0 Å². The maximum absolute atomic E-state index is 13.9. The first-order chi connectivity index (χ1) is 9.30. The summed E-state index contributed by atoms with van der Waals surface area (Å²) in [7, 11) is 0. The van der Waals surface area contributed by atoms with Gasteiger partial charge in [-0.2, -0.15) is 0 Å². The van der Waals surface area contributed by atoms with E-state index < -0.39 is 5.92 Å². The van der Waals surface area contributed by atoms with Gasteiger partial charge in [-0.25, -0.2) is 18.2 Å². The normalized spacial score (nSPS) is 15.9. The molecule has 1 aromatic carbocycles. The predicted molar refractivity (Wildman–Crippen MR) is 70.6 cm³/mol. The van der Waals surface area contributed by atoms with E-state index in [1.165, 1.54) is 0 Å². The lowest BCUT2D eigenvalue weighted by Gasteiger charge is -2.08. The van der Waals surface area contributed by atoms with E-state index >= 15 is 0 Å². The Morgan fingerprint density at radius 3 is 2.40 bits per heavy atom. The zero-order valence-corrected chi connectivity index (χ0v) is 11.2. The van der Waals surface area contributed by atoms with E-state index in [-0.39, 0.29) is 35.7 Å². The number of nitrogens with zero attached hydrogens (tertiary/aromatic N) is 1. The number of rotatable bonds is 1. The summed E-state index contributed by atoms with van der Waals surface area (Å²) in [4.78, 5) is 17.4. The van der Waals surface area contributed by atoms with Crippen molar-refractivity contribution < 1.29 is 13.2 Å². The van der Waals surface area contributed by atoms with Crippen LogP contribution in [0.15, 0.2) is 23.1 Å². The molecule has 6 heteroatoms. The summed E-state index contributed by atoms with van der Waals surface area (Å²) in [6.07, 6.45) is 1.39. The highest BCUT2D eigenvalue weighted by atomic mass is 19.3. The molecule has 108 valence electrons. The fourth-order valence-corrected chi connectivity index (χ4v) is 1.63. The Hall–Kier alpha value is -1.85. The van der Waals surface area contributed by atoms with Crippen LogP contribution in [0.3, 0.4) is 0 Å². The minimum Gasteiger partial charge on any atom is -0.317 e. The molecule has 1 N–H and O–H groups in total. The fourth-order valence-electron chi connectivity index (χ4n) is 1.63. The van der Waals surface area contributed by atoms with Crippen LogP contribution < -0.4 is 5.56 Å². The number of H-pyrrole nitrogens is 1. The summed E-state index contributed by atoms with van der Waals surface area (Å²) in [5, 5.41) is 0. The SMILES string of the molecule is CC(C)c1ccc2ncc(=O)[nH]c2c1F.FC1(F)CC1. The van der Waals surface area contributed by atoms with Crippen LogP contribution in [-0.4, -0.2) is 15.9 Å². The number of nitrogens with one attached hydrogen (secondary N) is 1. The molecule has 3 rings (SSSR count). The van der Waals surface area contributed by atoms with Crippen molar-refractivity contribution in [2.45, 2.75) is 38.5 Å². The van der Waals surface area contributed by atoms with Crippen LogP contribution in [0.5, 0.6) is 0 Å². The zero-order chi connectivity index (χ0) is 14.9. The van der Waals surface area contributed by atoms with Crippen molar-refractivity contribution >= 4 is 11.0 Å². The molecule has 1 fully saturated rings. The Bertz CT molecular complexity index is 674. The van der Waals surface area contributed by atoms with Crippen LogP contribution in [-0.2, 0) is 0 Å². The smallest absolute Gasteiger partial charge is 0.266 e. The molecule has 0 saturated heterocycles. The van der Waals surface area contributed by atoms with Gasteiger partial charge in [0.25, 0.3) is 5.56 Å². The molecule has 0 unspecified atom stereocenters. The third-order valence-electron chi connectivity index (χ3n) is 2.97. The van der Waals surface area contributed by atoms with E-state index in [4.69, 9.17) is 0 Å². The second-order valence-electron chi connectivity index (χ2n) is 5.12. The Morgan fingerprint density at radius 1 is 1.30 bits per heavy atom. The highest BCUT2D eigenvalue weighted by molar-refractivity contribution is 5.75. The molecule has 2 aromatic rings. The van der Waals surface area contributed by atoms with Crippen molar-refractivity contribution in [3.8, 4) is 0 Å². The van der Waals surface area contributed by atoms with Gasteiger partial charge in [-0.15, -0.1) is 0 Å². The molecular weight excluding hydrogens is 269 g/mol. The lowest BCUT2D eigenvalue weighted by atomic mass is 10.0.